The van der Waals surface area contributed by atoms with E-state index in [4.69, 9.17) is 16.3 Å². The van der Waals surface area contributed by atoms with Crippen molar-refractivity contribution in [2.24, 2.45) is 0 Å². The lowest BCUT2D eigenvalue weighted by Crippen LogP contribution is -2.50. The summed E-state index contributed by atoms with van der Waals surface area (Å²) in [5, 5.41) is 5.58. The lowest BCUT2D eigenvalue weighted by molar-refractivity contribution is -0.142. The van der Waals surface area contributed by atoms with Gasteiger partial charge in [0.1, 0.15) is 11.8 Å². The number of nitrogens with zero attached hydrogens (tertiary/aromatic N) is 1. The molecule has 0 aliphatic carbocycles. The summed E-state index contributed by atoms with van der Waals surface area (Å²) in [5.74, 6) is 0.266. The summed E-state index contributed by atoms with van der Waals surface area (Å²) in [6.07, 6.45) is 2.40. The average molecular weight is 467 g/mol. The molecule has 5 nitrogen and oxygen atoms in total. The molecule has 1 N–H and O–H groups in total. The van der Waals surface area contributed by atoms with Crippen molar-refractivity contribution < 1.29 is 14.3 Å². The molecular formula is C27H31ClN2O3. The van der Waals surface area contributed by atoms with E-state index < -0.39 is 6.04 Å². The predicted octanol–water partition coefficient (Wildman–Crippen LogP) is 5.60. The number of hydrogen-bond donors (Lipinski definition) is 1. The number of hydrogen-bond acceptors (Lipinski definition) is 3. The molecule has 2 amide bonds. The minimum absolute atomic E-state index is 0.140. The van der Waals surface area contributed by atoms with Crippen molar-refractivity contribution in [3.8, 4) is 5.75 Å². The van der Waals surface area contributed by atoms with Crippen molar-refractivity contribution in [2.45, 2.75) is 45.7 Å². The molecule has 0 fully saturated rings. The van der Waals surface area contributed by atoms with Gasteiger partial charge in [-0.3, -0.25) is 9.59 Å². The Morgan fingerprint density at radius 3 is 2.45 bits per heavy atom. The van der Waals surface area contributed by atoms with E-state index in [9.17, 15) is 9.59 Å². The highest BCUT2D eigenvalue weighted by Gasteiger charge is 2.28. The van der Waals surface area contributed by atoms with E-state index in [1.165, 1.54) is 0 Å². The summed E-state index contributed by atoms with van der Waals surface area (Å²) in [6.45, 7) is 4.73. The van der Waals surface area contributed by atoms with Crippen LogP contribution in [0.4, 0.5) is 0 Å². The van der Waals surface area contributed by atoms with Crippen LogP contribution >= 0.6 is 11.6 Å². The van der Waals surface area contributed by atoms with Gasteiger partial charge in [0.05, 0.1) is 0 Å². The molecule has 0 heterocycles. The minimum Gasteiger partial charge on any atom is -0.483 e. The maximum Gasteiger partial charge on any atom is 0.261 e. The lowest BCUT2D eigenvalue weighted by atomic mass is 10.1. The Kier molecular flexibility index (Phi) is 9.14. The number of carbonyl (C=O) groups is 2. The Balaban J connectivity index is 1.79. The lowest BCUT2D eigenvalue weighted by Gasteiger charge is -2.30. The van der Waals surface area contributed by atoms with Gasteiger partial charge in [-0.25, -0.2) is 0 Å². The van der Waals surface area contributed by atoms with Crippen LogP contribution in [0.1, 0.15) is 38.7 Å². The van der Waals surface area contributed by atoms with Crippen LogP contribution in [-0.4, -0.2) is 35.9 Å². The van der Waals surface area contributed by atoms with Crippen molar-refractivity contribution in [3.05, 3.63) is 77.3 Å². The van der Waals surface area contributed by atoms with E-state index in [2.05, 4.69) is 12.2 Å². The Bertz CT molecular complexity index is 1060. The van der Waals surface area contributed by atoms with Crippen LogP contribution in [0.3, 0.4) is 0 Å². The topological polar surface area (TPSA) is 58.6 Å². The van der Waals surface area contributed by atoms with Gasteiger partial charge in [0.15, 0.2) is 6.61 Å². The number of carbonyl (C=O) groups excluding carboxylic acids is 2. The SMILES string of the molecule is CCCCNC(=O)[C@H](CC)N(Cc1ccc(Cl)cc1)C(=O)COc1cccc2ccccc12. The van der Waals surface area contributed by atoms with Crippen LogP contribution in [-0.2, 0) is 16.1 Å². The zero-order valence-corrected chi connectivity index (χ0v) is 20.0. The Morgan fingerprint density at radius 1 is 1.00 bits per heavy atom. The normalized spacial score (nSPS) is 11.7. The maximum absolute atomic E-state index is 13.4. The van der Waals surface area contributed by atoms with E-state index in [0.29, 0.717) is 30.3 Å². The van der Waals surface area contributed by atoms with Crippen molar-refractivity contribution in [3.63, 3.8) is 0 Å². The van der Waals surface area contributed by atoms with E-state index in [1.807, 2.05) is 61.5 Å². The first-order valence-corrected chi connectivity index (χ1v) is 11.8. The fourth-order valence-corrected chi connectivity index (χ4v) is 3.88. The van der Waals surface area contributed by atoms with E-state index >= 15 is 0 Å². The number of unbranched alkanes of at least 4 members (excludes halogenated alkanes) is 1. The molecule has 0 aliphatic rings. The zero-order chi connectivity index (χ0) is 23.6. The summed E-state index contributed by atoms with van der Waals surface area (Å²) in [4.78, 5) is 27.9. The number of amides is 2. The average Bonchev–Trinajstić information content (AvgIpc) is 2.83. The summed E-state index contributed by atoms with van der Waals surface area (Å²) >= 11 is 6.02. The molecule has 0 radical (unpaired) electrons. The molecule has 0 saturated heterocycles. The van der Waals surface area contributed by atoms with E-state index in [-0.39, 0.29) is 18.4 Å². The highest BCUT2D eigenvalue weighted by molar-refractivity contribution is 6.30. The van der Waals surface area contributed by atoms with Gasteiger partial charge in [-0.2, -0.15) is 0 Å². The maximum atomic E-state index is 13.4. The second-order valence-corrected chi connectivity index (χ2v) is 8.42. The molecule has 0 spiro atoms. The van der Waals surface area contributed by atoms with E-state index in [0.717, 1.165) is 29.2 Å². The third-order valence-corrected chi connectivity index (χ3v) is 5.83. The molecule has 3 aromatic carbocycles. The van der Waals surface area contributed by atoms with Crippen LogP contribution in [0.15, 0.2) is 66.7 Å². The van der Waals surface area contributed by atoms with Crippen LogP contribution in [0.25, 0.3) is 10.8 Å². The monoisotopic (exact) mass is 466 g/mol. The third kappa shape index (κ3) is 6.72. The van der Waals surface area contributed by atoms with Crippen LogP contribution in [0.2, 0.25) is 5.02 Å². The number of fused-ring (bicyclic) bond motifs is 1. The zero-order valence-electron chi connectivity index (χ0n) is 19.2. The first kappa shape index (κ1) is 24.6. The molecule has 0 saturated carbocycles. The largest absolute Gasteiger partial charge is 0.483 e. The van der Waals surface area contributed by atoms with Gasteiger partial charge in [-0.1, -0.05) is 80.4 Å². The van der Waals surface area contributed by atoms with Crippen molar-refractivity contribution in [1.82, 2.24) is 10.2 Å². The van der Waals surface area contributed by atoms with Gasteiger partial charge < -0.3 is 15.0 Å². The van der Waals surface area contributed by atoms with Crippen LogP contribution in [0, 0.1) is 0 Å². The van der Waals surface area contributed by atoms with Crippen molar-refractivity contribution in [2.75, 3.05) is 13.2 Å². The number of nitrogens with one attached hydrogen (secondary N) is 1. The first-order chi connectivity index (χ1) is 16.0. The smallest absolute Gasteiger partial charge is 0.261 e. The van der Waals surface area contributed by atoms with Gasteiger partial charge in [-0.05, 0) is 42.0 Å². The highest BCUT2D eigenvalue weighted by Crippen LogP contribution is 2.25. The fourth-order valence-electron chi connectivity index (χ4n) is 3.76. The first-order valence-electron chi connectivity index (χ1n) is 11.5. The third-order valence-electron chi connectivity index (χ3n) is 5.58. The molecular weight excluding hydrogens is 436 g/mol. The van der Waals surface area contributed by atoms with Crippen molar-refractivity contribution in [1.29, 1.82) is 0 Å². The Labute approximate surface area is 200 Å². The van der Waals surface area contributed by atoms with Gasteiger partial charge in [0.2, 0.25) is 5.91 Å². The number of ether oxygens (including phenoxy) is 1. The molecule has 0 unspecified atom stereocenters. The molecule has 6 heteroatoms. The van der Waals surface area contributed by atoms with Crippen molar-refractivity contribution >= 4 is 34.2 Å². The second kappa shape index (κ2) is 12.3. The summed E-state index contributed by atoms with van der Waals surface area (Å²) in [6, 6.07) is 20.4. The van der Waals surface area contributed by atoms with Crippen LogP contribution in [0.5, 0.6) is 5.75 Å². The quantitative estimate of drug-likeness (QED) is 0.374. The molecule has 0 aromatic heterocycles. The molecule has 33 heavy (non-hydrogen) atoms. The molecule has 174 valence electrons. The van der Waals surface area contributed by atoms with Gasteiger partial charge >= 0.3 is 0 Å². The second-order valence-electron chi connectivity index (χ2n) is 7.98. The van der Waals surface area contributed by atoms with Gasteiger partial charge in [0.25, 0.3) is 5.91 Å². The molecule has 0 bridgehead atoms. The standard InChI is InChI=1S/C27H31ClN2O3/c1-3-5-17-29-27(32)24(4-2)30(18-20-13-15-22(28)16-14-20)26(31)19-33-25-12-8-10-21-9-6-7-11-23(21)25/h6-16,24H,3-5,17-19H2,1-2H3,(H,29,32)/t24-/m0/s1. The van der Waals surface area contributed by atoms with Gasteiger partial charge in [0, 0.05) is 23.5 Å². The molecule has 3 rings (SSSR count). The summed E-state index contributed by atoms with van der Waals surface area (Å²) < 4.78 is 5.95. The minimum atomic E-state index is -0.582. The fraction of sp³-hybridized carbons (Fsp3) is 0.333. The van der Waals surface area contributed by atoms with Crippen LogP contribution < -0.4 is 10.1 Å². The Morgan fingerprint density at radius 2 is 1.73 bits per heavy atom. The number of rotatable bonds is 11. The van der Waals surface area contributed by atoms with E-state index in [1.54, 1.807) is 17.0 Å². The highest BCUT2D eigenvalue weighted by atomic mass is 35.5. The summed E-state index contributed by atoms with van der Waals surface area (Å²) in [5.41, 5.74) is 0.901. The molecule has 3 aromatic rings. The predicted molar refractivity (Wildman–Crippen MR) is 133 cm³/mol. The number of benzene rings is 3. The van der Waals surface area contributed by atoms with Gasteiger partial charge in [-0.15, -0.1) is 0 Å². The summed E-state index contributed by atoms with van der Waals surface area (Å²) in [7, 11) is 0. The molecule has 1 atom stereocenters. The Hall–Kier alpha value is -3.05. The number of halogens is 1. The molecule has 0 aliphatic heterocycles.